The van der Waals surface area contributed by atoms with E-state index in [2.05, 4.69) is 26.1 Å². The van der Waals surface area contributed by atoms with Crippen molar-refractivity contribution in [2.24, 2.45) is 46.8 Å². The Bertz CT molecular complexity index is 873. The van der Waals surface area contributed by atoms with Crippen LogP contribution < -0.4 is 5.32 Å². The summed E-state index contributed by atoms with van der Waals surface area (Å²) in [6.45, 7) is 8.58. The van der Waals surface area contributed by atoms with E-state index in [9.17, 15) is 9.18 Å². The van der Waals surface area contributed by atoms with Gasteiger partial charge >= 0.3 is 0 Å². The molecule has 9 atom stereocenters. The van der Waals surface area contributed by atoms with Gasteiger partial charge in [0.2, 0.25) is 0 Å². The Morgan fingerprint density at radius 2 is 1.88 bits per heavy atom. The van der Waals surface area contributed by atoms with E-state index in [0.717, 1.165) is 48.7 Å². The number of hydrogen-bond acceptors (Lipinski definition) is 2. The highest BCUT2D eigenvalue weighted by Crippen LogP contribution is 2.64. The summed E-state index contributed by atoms with van der Waals surface area (Å²) >= 11 is 0. The molecule has 3 unspecified atom stereocenters. The van der Waals surface area contributed by atoms with Crippen LogP contribution in [-0.2, 0) is 4.74 Å². The van der Waals surface area contributed by atoms with Gasteiger partial charge in [0.25, 0.3) is 5.91 Å². The Labute approximate surface area is 205 Å². The van der Waals surface area contributed by atoms with Gasteiger partial charge in [-0.1, -0.05) is 19.1 Å². The van der Waals surface area contributed by atoms with Crippen molar-refractivity contribution in [2.75, 3.05) is 13.2 Å². The molecule has 4 saturated carbocycles. The van der Waals surface area contributed by atoms with Crippen LogP contribution in [0.15, 0.2) is 24.3 Å². The van der Waals surface area contributed by atoms with Gasteiger partial charge in [0.05, 0.1) is 5.56 Å². The van der Waals surface area contributed by atoms with Crippen LogP contribution in [0.4, 0.5) is 4.39 Å². The first-order valence-electron chi connectivity index (χ1n) is 14.1. The summed E-state index contributed by atoms with van der Waals surface area (Å²) in [6, 6.07) is 6.40. The van der Waals surface area contributed by atoms with Crippen LogP contribution in [0.25, 0.3) is 0 Å². The van der Waals surface area contributed by atoms with E-state index >= 15 is 0 Å². The van der Waals surface area contributed by atoms with Crippen LogP contribution in [0.3, 0.4) is 0 Å². The molecule has 5 rings (SSSR count). The van der Waals surface area contributed by atoms with Crippen molar-refractivity contribution in [3.63, 3.8) is 0 Å². The maximum atomic E-state index is 14.2. The van der Waals surface area contributed by atoms with Gasteiger partial charge < -0.3 is 10.1 Å². The summed E-state index contributed by atoms with van der Waals surface area (Å²) in [6.07, 6.45) is 12.1. The molecule has 0 aliphatic heterocycles. The molecular formula is C30H44FNO2. The lowest BCUT2D eigenvalue weighted by atomic mass is 9.49. The fraction of sp³-hybridized carbons (Fsp3) is 0.767. The Hall–Kier alpha value is -1.42. The summed E-state index contributed by atoms with van der Waals surface area (Å²) in [5.74, 6) is 4.96. The average molecular weight is 470 g/mol. The van der Waals surface area contributed by atoms with Gasteiger partial charge in [-0.3, -0.25) is 4.79 Å². The molecule has 1 N–H and O–H groups in total. The molecule has 1 amide bonds. The average Bonchev–Trinajstić information content (AvgIpc) is 3.20. The van der Waals surface area contributed by atoms with Gasteiger partial charge in [-0.25, -0.2) is 4.39 Å². The Morgan fingerprint density at radius 3 is 2.68 bits per heavy atom. The molecule has 4 heteroatoms. The smallest absolute Gasteiger partial charge is 0.254 e. The van der Waals surface area contributed by atoms with E-state index in [1.54, 1.807) is 18.2 Å². The number of ether oxygens (including phenoxy) is 1. The lowest BCUT2D eigenvalue weighted by Gasteiger charge is -2.56. The number of amides is 1. The first-order valence-corrected chi connectivity index (χ1v) is 14.1. The van der Waals surface area contributed by atoms with E-state index in [4.69, 9.17) is 4.74 Å². The minimum Gasteiger partial charge on any atom is -0.381 e. The van der Waals surface area contributed by atoms with E-state index < -0.39 is 5.82 Å². The van der Waals surface area contributed by atoms with Crippen LogP contribution in [-0.4, -0.2) is 25.2 Å². The molecule has 4 aliphatic carbocycles. The summed E-state index contributed by atoms with van der Waals surface area (Å²) < 4.78 is 19.9. The van der Waals surface area contributed by atoms with E-state index in [-0.39, 0.29) is 17.5 Å². The molecule has 0 saturated heterocycles. The van der Waals surface area contributed by atoms with Crippen molar-refractivity contribution in [3.05, 3.63) is 35.6 Å². The number of benzene rings is 1. The van der Waals surface area contributed by atoms with Gasteiger partial charge in [0.1, 0.15) is 5.82 Å². The molecule has 188 valence electrons. The third kappa shape index (κ3) is 4.33. The number of hydrogen-bond donors (Lipinski definition) is 1. The summed E-state index contributed by atoms with van der Waals surface area (Å²) in [5.41, 5.74) is 0.457. The maximum absolute atomic E-state index is 14.2. The molecule has 3 nitrogen and oxygen atoms in total. The second-order valence-electron chi connectivity index (χ2n) is 12.2. The summed E-state index contributed by atoms with van der Waals surface area (Å²) in [5, 5.41) is 3.19. The fourth-order valence-corrected chi connectivity index (χ4v) is 9.28. The number of halogens is 1. The molecule has 0 spiro atoms. The largest absolute Gasteiger partial charge is 0.381 e. The standard InChI is InChI=1S/C30H44FNO2/c1-4-34-18-20-9-11-22-21(17-20)10-12-24-23(22)15-16-30(3)26(13-14-27(24)30)19(2)32-29(33)25-7-5-6-8-28(25)31/h5-8,19-24,26-27H,4,9-18H2,1-3H3,(H,32,33)/t19-,20+,21-,22+,23?,24-,26?,27?,30-/m1/s1. The zero-order chi connectivity index (χ0) is 23.9. The zero-order valence-corrected chi connectivity index (χ0v) is 21.4. The molecule has 0 bridgehead atoms. The highest BCUT2D eigenvalue weighted by Gasteiger charge is 2.57. The Balaban J connectivity index is 1.24. The van der Waals surface area contributed by atoms with Crippen LogP contribution in [0.5, 0.6) is 0 Å². The number of rotatable bonds is 6. The van der Waals surface area contributed by atoms with Crippen molar-refractivity contribution in [3.8, 4) is 0 Å². The third-order valence-corrected chi connectivity index (χ3v) is 10.8. The molecule has 1 aromatic carbocycles. The molecule has 4 aliphatic rings. The highest BCUT2D eigenvalue weighted by atomic mass is 19.1. The first kappa shape index (κ1) is 24.3. The fourth-order valence-electron chi connectivity index (χ4n) is 9.28. The molecule has 4 fully saturated rings. The zero-order valence-electron chi connectivity index (χ0n) is 21.4. The monoisotopic (exact) mass is 469 g/mol. The molecular weight excluding hydrogens is 425 g/mol. The summed E-state index contributed by atoms with van der Waals surface area (Å²) in [7, 11) is 0. The van der Waals surface area contributed by atoms with Gasteiger partial charge in [-0.05, 0) is 131 Å². The van der Waals surface area contributed by atoms with E-state index in [1.165, 1.54) is 63.9 Å². The lowest BCUT2D eigenvalue weighted by molar-refractivity contribution is -0.0751. The number of carbonyl (C=O) groups is 1. The third-order valence-electron chi connectivity index (χ3n) is 10.8. The van der Waals surface area contributed by atoms with Crippen molar-refractivity contribution < 1.29 is 13.9 Å². The maximum Gasteiger partial charge on any atom is 0.254 e. The van der Waals surface area contributed by atoms with Crippen LogP contribution >= 0.6 is 0 Å². The lowest BCUT2D eigenvalue weighted by Crippen LogP contribution is -2.51. The van der Waals surface area contributed by atoms with Crippen molar-refractivity contribution in [1.29, 1.82) is 0 Å². The van der Waals surface area contributed by atoms with Crippen molar-refractivity contribution in [1.82, 2.24) is 5.32 Å². The Kier molecular flexibility index (Phi) is 7.08. The van der Waals surface area contributed by atoms with Gasteiger partial charge in [0.15, 0.2) is 0 Å². The molecule has 1 aromatic rings. The minimum absolute atomic E-state index is 0.0731. The molecule has 0 radical (unpaired) electrons. The SMILES string of the molecule is CCOC[C@H]1CC[C@@H]2C3CC[C@@]4(C)C(CCC4[C@@H](C)NC(=O)c4ccccc4F)[C@@H]3CC[C@@H]2C1. The van der Waals surface area contributed by atoms with Crippen LogP contribution in [0.1, 0.15) is 88.9 Å². The van der Waals surface area contributed by atoms with E-state index in [0.29, 0.717) is 11.3 Å². The van der Waals surface area contributed by atoms with Gasteiger partial charge in [0, 0.05) is 19.3 Å². The minimum atomic E-state index is -0.434. The van der Waals surface area contributed by atoms with Crippen molar-refractivity contribution in [2.45, 2.75) is 84.6 Å². The first-order chi connectivity index (χ1) is 16.4. The highest BCUT2D eigenvalue weighted by molar-refractivity contribution is 5.94. The molecule has 34 heavy (non-hydrogen) atoms. The molecule has 0 aromatic heterocycles. The predicted molar refractivity (Wildman–Crippen MR) is 134 cm³/mol. The summed E-state index contributed by atoms with van der Waals surface area (Å²) in [4.78, 5) is 12.8. The van der Waals surface area contributed by atoms with Gasteiger partial charge in [-0.2, -0.15) is 0 Å². The van der Waals surface area contributed by atoms with Gasteiger partial charge in [-0.15, -0.1) is 0 Å². The number of nitrogens with one attached hydrogen (secondary N) is 1. The molecule has 0 heterocycles. The van der Waals surface area contributed by atoms with Crippen molar-refractivity contribution >= 4 is 5.91 Å². The second-order valence-corrected chi connectivity index (χ2v) is 12.2. The normalized spacial score (nSPS) is 40.1. The number of carbonyl (C=O) groups excluding carboxylic acids is 1. The topological polar surface area (TPSA) is 38.3 Å². The van der Waals surface area contributed by atoms with E-state index in [1.807, 2.05) is 0 Å². The quantitative estimate of drug-likeness (QED) is 0.494. The second kappa shape index (κ2) is 9.91. The Morgan fingerprint density at radius 1 is 1.09 bits per heavy atom. The van der Waals surface area contributed by atoms with Crippen LogP contribution in [0, 0.1) is 52.7 Å². The number of fused-ring (bicyclic) bond motifs is 5. The van der Waals surface area contributed by atoms with Crippen LogP contribution in [0.2, 0.25) is 0 Å². The predicted octanol–water partition coefficient (Wildman–Crippen LogP) is 6.87.